The first kappa shape index (κ1) is 25.0. The second-order valence-corrected chi connectivity index (χ2v) is 9.43. The lowest BCUT2D eigenvalue weighted by molar-refractivity contribution is -0.146. The number of rotatable bonds is 11. The number of carboxylic acid groups (broad SMARTS) is 1. The molecule has 3 atom stereocenters. The Labute approximate surface area is 206 Å². The number of aliphatic carboxylic acids is 1. The van der Waals surface area contributed by atoms with Crippen LogP contribution in [0.2, 0.25) is 0 Å². The summed E-state index contributed by atoms with van der Waals surface area (Å²) in [5.41, 5.74) is 2.60. The van der Waals surface area contributed by atoms with Gasteiger partial charge in [-0.15, -0.1) is 0 Å². The van der Waals surface area contributed by atoms with Crippen molar-refractivity contribution in [1.29, 1.82) is 0 Å². The molecule has 3 heterocycles. The number of nitrogens with zero attached hydrogens (tertiary/aromatic N) is 3. The zero-order valence-corrected chi connectivity index (χ0v) is 20.3. The number of halogens is 1. The van der Waals surface area contributed by atoms with E-state index in [0.717, 1.165) is 49.7 Å². The third-order valence-electron chi connectivity index (χ3n) is 7.21. The van der Waals surface area contributed by atoms with E-state index in [1.807, 2.05) is 42.7 Å². The van der Waals surface area contributed by atoms with Crippen molar-refractivity contribution in [3.8, 4) is 5.75 Å². The number of carboxylic acids is 1. The number of fused-ring (bicyclic) bond motifs is 1. The first-order valence-corrected chi connectivity index (χ1v) is 12.5. The lowest BCUT2D eigenvalue weighted by Crippen LogP contribution is -2.44. The molecule has 3 aromatic rings. The highest BCUT2D eigenvalue weighted by atomic mass is 19.1. The van der Waals surface area contributed by atoms with Crippen LogP contribution in [0.3, 0.4) is 0 Å². The van der Waals surface area contributed by atoms with E-state index in [1.54, 1.807) is 19.4 Å². The van der Waals surface area contributed by atoms with Gasteiger partial charge in [-0.2, -0.15) is 0 Å². The van der Waals surface area contributed by atoms with Crippen molar-refractivity contribution in [1.82, 2.24) is 14.9 Å². The van der Waals surface area contributed by atoms with Gasteiger partial charge in [0.05, 0.1) is 18.5 Å². The molecule has 1 N–H and O–H groups in total. The summed E-state index contributed by atoms with van der Waals surface area (Å²) in [5, 5.41) is 10.6. The minimum absolute atomic E-state index is 0.0125. The highest BCUT2D eigenvalue weighted by Crippen LogP contribution is 2.35. The molecule has 1 aliphatic heterocycles. The Morgan fingerprint density at radius 3 is 2.80 bits per heavy atom. The molecular formula is C28H34FN3O3. The summed E-state index contributed by atoms with van der Waals surface area (Å²) >= 11 is 0. The summed E-state index contributed by atoms with van der Waals surface area (Å²) in [7, 11) is 1.59. The summed E-state index contributed by atoms with van der Waals surface area (Å²) < 4.78 is 20.7. The second kappa shape index (κ2) is 12.1. The van der Waals surface area contributed by atoms with E-state index in [1.165, 1.54) is 5.56 Å². The molecule has 0 radical (unpaired) electrons. The lowest BCUT2D eigenvalue weighted by atomic mass is 9.81. The van der Waals surface area contributed by atoms with Crippen LogP contribution in [-0.4, -0.2) is 52.7 Å². The highest BCUT2D eigenvalue weighted by Gasteiger charge is 2.34. The van der Waals surface area contributed by atoms with E-state index >= 15 is 4.39 Å². The van der Waals surface area contributed by atoms with E-state index in [0.29, 0.717) is 30.7 Å². The Balaban J connectivity index is 1.30. The van der Waals surface area contributed by atoms with Gasteiger partial charge in [-0.1, -0.05) is 0 Å². The minimum atomic E-state index is -1.17. The Kier molecular flexibility index (Phi) is 8.64. The molecule has 35 heavy (non-hydrogen) atoms. The van der Waals surface area contributed by atoms with Crippen molar-refractivity contribution >= 4 is 16.9 Å². The summed E-state index contributed by atoms with van der Waals surface area (Å²) in [6.45, 7) is 2.32. The van der Waals surface area contributed by atoms with Crippen LogP contribution in [0.25, 0.3) is 10.9 Å². The van der Waals surface area contributed by atoms with Crippen LogP contribution in [0.1, 0.15) is 49.4 Å². The number of aromatic nitrogens is 2. The van der Waals surface area contributed by atoms with Crippen molar-refractivity contribution in [2.45, 2.75) is 44.7 Å². The van der Waals surface area contributed by atoms with Crippen molar-refractivity contribution in [2.75, 3.05) is 26.7 Å². The normalized spacial score (nSPS) is 19.5. The Bertz CT molecular complexity index is 1110. The summed E-state index contributed by atoms with van der Waals surface area (Å²) in [6, 6.07) is 11.3. The number of ether oxygens (including phenoxy) is 1. The van der Waals surface area contributed by atoms with Crippen LogP contribution in [0.15, 0.2) is 55.0 Å². The number of hydrogen-bond donors (Lipinski definition) is 1. The van der Waals surface area contributed by atoms with Gasteiger partial charge in [0.25, 0.3) is 0 Å². The molecule has 7 heteroatoms. The maximum atomic E-state index is 15.4. The van der Waals surface area contributed by atoms with E-state index in [2.05, 4.69) is 14.9 Å². The molecular weight excluding hydrogens is 445 g/mol. The van der Waals surface area contributed by atoms with Gasteiger partial charge in [-0.05, 0) is 105 Å². The van der Waals surface area contributed by atoms with Gasteiger partial charge in [-0.25, -0.2) is 4.39 Å². The number of piperidine rings is 1. The van der Waals surface area contributed by atoms with Crippen LogP contribution >= 0.6 is 0 Å². The molecule has 0 unspecified atom stereocenters. The SMILES string of the molecule is COc1ccc2nccc([C@@H](F)CC[C@@H]3CCN(CCCCc4ccncc4)C[C@@H]3C(=O)O)c2c1. The smallest absolute Gasteiger partial charge is 0.308 e. The quantitative estimate of drug-likeness (QED) is 0.367. The predicted octanol–water partition coefficient (Wildman–Crippen LogP) is 5.47. The van der Waals surface area contributed by atoms with E-state index in [9.17, 15) is 9.90 Å². The summed E-state index contributed by atoms with van der Waals surface area (Å²) in [6.07, 6.45) is 8.84. The maximum absolute atomic E-state index is 15.4. The molecule has 0 aliphatic carbocycles. The molecule has 0 saturated carbocycles. The number of benzene rings is 1. The molecule has 0 bridgehead atoms. The average molecular weight is 480 g/mol. The number of methoxy groups -OCH3 is 1. The predicted molar refractivity (Wildman–Crippen MR) is 134 cm³/mol. The second-order valence-electron chi connectivity index (χ2n) is 9.43. The average Bonchev–Trinajstić information content (AvgIpc) is 2.89. The number of alkyl halides is 1. The molecule has 1 aromatic carbocycles. The fourth-order valence-corrected chi connectivity index (χ4v) is 5.17. The fraction of sp³-hybridized carbons (Fsp3) is 0.464. The van der Waals surface area contributed by atoms with Crippen molar-refractivity contribution in [3.05, 3.63) is 66.1 Å². The van der Waals surface area contributed by atoms with Gasteiger partial charge in [0.15, 0.2) is 0 Å². The first-order chi connectivity index (χ1) is 17.0. The third kappa shape index (κ3) is 6.54. The largest absolute Gasteiger partial charge is 0.497 e. The van der Waals surface area contributed by atoms with E-state index in [-0.39, 0.29) is 5.92 Å². The highest BCUT2D eigenvalue weighted by molar-refractivity contribution is 5.83. The van der Waals surface area contributed by atoms with Crippen LogP contribution < -0.4 is 4.74 Å². The molecule has 4 rings (SSSR count). The zero-order valence-electron chi connectivity index (χ0n) is 20.3. The number of pyridine rings is 2. The summed E-state index contributed by atoms with van der Waals surface area (Å²) in [4.78, 5) is 22.7. The Hall–Kier alpha value is -3.06. The van der Waals surface area contributed by atoms with Crippen molar-refractivity contribution < 1.29 is 19.0 Å². The number of hydrogen-bond acceptors (Lipinski definition) is 5. The van der Waals surface area contributed by atoms with Crippen LogP contribution in [0, 0.1) is 11.8 Å². The first-order valence-electron chi connectivity index (χ1n) is 12.5. The minimum Gasteiger partial charge on any atom is -0.497 e. The summed E-state index contributed by atoms with van der Waals surface area (Å²) in [5.74, 6) is -0.573. The molecule has 1 aliphatic rings. The van der Waals surface area contributed by atoms with Crippen LogP contribution in [0.4, 0.5) is 4.39 Å². The van der Waals surface area contributed by atoms with Gasteiger partial charge < -0.3 is 14.7 Å². The number of unbranched alkanes of at least 4 members (excludes halogenated alkanes) is 1. The number of likely N-dealkylation sites (tertiary alicyclic amines) is 1. The van der Waals surface area contributed by atoms with Gasteiger partial charge >= 0.3 is 5.97 Å². The standard InChI is InChI=1S/C28H34FN3O3/c1-35-22-6-8-27-24(18-22)23(11-15-31-27)26(29)7-5-21-12-17-32(19-25(21)28(33)34)16-3-2-4-20-9-13-30-14-10-20/h6,8-11,13-15,18,21,25-26H,2-5,7,12,16-17,19H2,1H3,(H,33,34)/t21-,25+,26+/m1/s1. The van der Waals surface area contributed by atoms with E-state index < -0.39 is 18.1 Å². The van der Waals surface area contributed by atoms with Crippen LogP contribution in [0.5, 0.6) is 5.75 Å². The number of aryl methyl sites for hydroxylation is 1. The fourth-order valence-electron chi connectivity index (χ4n) is 5.17. The number of carbonyl (C=O) groups is 1. The van der Waals surface area contributed by atoms with Crippen molar-refractivity contribution in [2.24, 2.45) is 11.8 Å². The topological polar surface area (TPSA) is 75.5 Å². The van der Waals surface area contributed by atoms with Crippen molar-refractivity contribution in [3.63, 3.8) is 0 Å². The van der Waals surface area contributed by atoms with Gasteiger partial charge in [0.2, 0.25) is 0 Å². The Morgan fingerprint density at radius 1 is 1.20 bits per heavy atom. The monoisotopic (exact) mass is 479 g/mol. The Morgan fingerprint density at radius 2 is 2.03 bits per heavy atom. The zero-order chi connectivity index (χ0) is 24.6. The van der Waals surface area contributed by atoms with Crippen LogP contribution in [-0.2, 0) is 11.2 Å². The molecule has 2 aromatic heterocycles. The molecule has 6 nitrogen and oxygen atoms in total. The third-order valence-corrected chi connectivity index (χ3v) is 7.21. The van der Waals surface area contributed by atoms with Gasteiger partial charge in [0, 0.05) is 30.5 Å². The van der Waals surface area contributed by atoms with E-state index in [4.69, 9.17) is 4.74 Å². The molecule has 0 spiro atoms. The molecule has 0 amide bonds. The molecule has 1 fully saturated rings. The maximum Gasteiger partial charge on any atom is 0.308 e. The molecule has 1 saturated heterocycles. The lowest BCUT2D eigenvalue weighted by Gasteiger charge is -2.37. The van der Waals surface area contributed by atoms with Gasteiger partial charge in [0.1, 0.15) is 11.9 Å². The molecule has 186 valence electrons. The van der Waals surface area contributed by atoms with Gasteiger partial charge in [-0.3, -0.25) is 14.8 Å².